The van der Waals surface area contributed by atoms with Gasteiger partial charge in [-0.3, -0.25) is 4.79 Å². The highest BCUT2D eigenvalue weighted by Gasteiger charge is 2.13. The van der Waals surface area contributed by atoms with Crippen molar-refractivity contribution in [3.8, 4) is 11.5 Å². The molecule has 0 aliphatic rings. The minimum absolute atomic E-state index is 0.111. The van der Waals surface area contributed by atoms with E-state index in [-0.39, 0.29) is 5.91 Å². The Labute approximate surface area is 154 Å². The topological polar surface area (TPSA) is 76.6 Å². The summed E-state index contributed by atoms with van der Waals surface area (Å²) in [4.78, 5) is 13.9. The molecule has 0 saturated heterocycles. The summed E-state index contributed by atoms with van der Waals surface area (Å²) in [6, 6.07) is 10.8. The van der Waals surface area contributed by atoms with Crippen molar-refractivity contribution < 1.29 is 14.3 Å². The van der Waals surface area contributed by atoms with Crippen LogP contribution in [0.3, 0.4) is 0 Å². The van der Waals surface area contributed by atoms with Crippen molar-refractivity contribution in [2.24, 2.45) is 0 Å². The average molecular weight is 358 g/mol. The lowest BCUT2D eigenvalue weighted by Gasteiger charge is -2.15. The van der Waals surface area contributed by atoms with Gasteiger partial charge in [0.25, 0.3) is 5.91 Å². The van der Waals surface area contributed by atoms with Crippen LogP contribution in [0.5, 0.6) is 11.5 Å². The van der Waals surface area contributed by atoms with Crippen molar-refractivity contribution in [3.63, 3.8) is 0 Å². The second kappa shape index (κ2) is 10.2. The molecule has 0 aliphatic heterocycles. The Morgan fingerprint density at radius 2 is 1.85 bits per heavy atom. The number of amides is 1. The van der Waals surface area contributed by atoms with E-state index < -0.39 is 0 Å². The average Bonchev–Trinajstić information content (AvgIpc) is 2.69. The molecule has 2 rings (SSSR count). The third-order valence-corrected chi connectivity index (χ3v) is 3.81. The first-order valence-electron chi connectivity index (χ1n) is 8.74. The highest BCUT2D eigenvalue weighted by atomic mass is 16.5. The summed E-state index contributed by atoms with van der Waals surface area (Å²) in [6.07, 6.45) is 2.02. The van der Waals surface area contributed by atoms with Gasteiger partial charge in [0.1, 0.15) is 23.9 Å². The maximum Gasteiger partial charge on any atom is 0.274 e. The fraction of sp³-hybridized carbons (Fsp3) is 0.421. The van der Waals surface area contributed by atoms with E-state index in [0.717, 1.165) is 30.9 Å². The molecule has 0 spiro atoms. The Hall–Kier alpha value is -2.83. The van der Waals surface area contributed by atoms with E-state index in [1.54, 1.807) is 31.2 Å². The first kappa shape index (κ1) is 19.5. The van der Waals surface area contributed by atoms with E-state index in [0.29, 0.717) is 24.7 Å². The second-order valence-corrected chi connectivity index (χ2v) is 5.83. The lowest BCUT2D eigenvalue weighted by atomic mass is 10.3. The van der Waals surface area contributed by atoms with Crippen molar-refractivity contribution in [1.29, 1.82) is 0 Å². The summed E-state index contributed by atoms with van der Waals surface area (Å²) >= 11 is 0. The SMILES string of the molecule is CCCCN(C)C(=O)c1ccc(NCCOc2ccc(OC)cc2)nn1. The number of nitrogens with zero attached hydrogens (tertiary/aromatic N) is 3. The van der Waals surface area contributed by atoms with Gasteiger partial charge in [0.05, 0.1) is 13.7 Å². The molecule has 0 saturated carbocycles. The van der Waals surface area contributed by atoms with Crippen molar-refractivity contribution >= 4 is 11.7 Å². The summed E-state index contributed by atoms with van der Waals surface area (Å²) in [6.45, 7) is 3.87. The Morgan fingerprint density at radius 1 is 1.12 bits per heavy atom. The number of hydrogen-bond donors (Lipinski definition) is 1. The number of rotatable bonds is 10. The summed E-state index contributed by atoms with van der Waals surface area (Å²) in [5.41, 5.74) is 0.351. The van der Waals surface area contributed by atoms with Crippen LogP contribution in [0.1, 0.15) is 30.3 Å². The van der Waals surface area contributed by atoms with Crippen molar-refractivity contribution in [1.82, 2.24) is 15.1 Å². The normalized spacial score (nSPS) is 10.3. The zero-order chi connectivity index (χ0) is 18.8. The molecule has 0 atom stereocenters. The minimum atomic E-state index is -0.111. The van der Waals surface area contributed by atoms with Gasteiger partial charge in [-0.05, 0) is 42.8 Å². The van der Waals surface area contributed by atoms with Crippen molar-refractivity contribution in [2.75, 3.05) is 39.2 Å². The molecule has 1 amide bonds. The number of carbonyl (C=O) groups excluding carboxylic acids is 1. The molecule has 0 fully saturated rings. The quantitative estimate of drug-likeness (QED) is 0.658. The van der Waals surface area contributed by atoms with Gasteiger partial charge >= 0.3 is 0 Å². The molecule has 2 aromatic rings. The third-order valence-electron chi connectivity index (χ3n) is 3.81. The predicted molar refractivity (Wildman–Crippen MR) is 101 cm³/mol. The standard InChI is InChI=1S/C19H26N4O3/c1-4-5-13-23(2)19(24)17-10-11-18(22-21-17)20-12-14-26-16-8-6-15(25-3)7-9-16/h6-11H,4-5,12-14H2,1-3H3,(H,20,22). The molecular formula is C19H26N4O3. The van der Waals surface area contributed by atoms with E-state index in [1.807, 2.05) is 24.3 Å². The predicted octanol–water partition coefficient (Wildman–Crippen LogP) is 2.85. The van der Waals surface area contributed by atoms with Crippen LogP contribution in [0.15, 0.2) is 36.4 Å². The fourth-order valence-electron chi connectivity index (χ4n) is 2.25. The maximum atomic E-state index is 12.2. The van der Waals surface area contributed by atoms with Crippen LogP contribution in [-0.4, -0.2) is 54.9 Å². The van der Waals surface area contributed by atoms with Gasteiger partial charge in [-0.25, -0.2) is 0 Å². The van der Waals surface area contributed by atoms with Crippen molar-refractivity contribution in [2.45, 2.75) is 19.8 Å². The minimum Gasteiger partial charge on any atom is -0.497 e. The molecule has 1 aromatic heterocycles. The third kappa shape index (κ3) is 5.91. The number of unbranched alkanes of at least 4 members (excludes halogenated alkanes) is 1. The van der Waals surface area contributed by atoms with Crippen molar-refractivity contribution in [3.05, 3.63) is 42.1 Å². The highest BCUT2D eigenvalue weighted by Crippen LogP contribution is 2.16. The van der Waals surface area contributed by atoms with Gasteiger partial charge in [-0.15, -0.1) is 10.2 Å². The van der Waals surface area contributed by atoms with Crippen LogP contribution >= 0.6 is 0 Å². The summed E-state index contributed by atoms with van der Waals surface area (Å²) < 4.78 is 10.7. The molecule has 0 radical (unpaired) electrons. The molecule has 0 bridgehead atoms. The van der Waals surface area contributed by atoms with Gasteiger partial charge in [-0.2, -0.15) is 0 Å². The van der Waals surface area contributed by atoms with E-state index in [2.05, 4.69) is 22.4 Å². The second-order valence-electron chi connectivity index (χ2n) is 5.83. The Bertz CT molecular complexity index is 674. The zero-order valence-corrected chi connectivity index (χ0v) is 15.6. The van der Waals surface area contributed by atoms with E-state index in [1.165, 1.54) is 0 Å². The number of methoxy groups -OCH3 is 1. The van der Waals surface area contributed by atoms with Crippen LogP contribution in [0.2, 0.25) is 0 Å². The zero-order valence-electron chi connectivity index (χ0n) is 15.6. The number of benzene rings is 1. The lowest BCUT2D eigenvalue weighted by molar-refractivity contribution is 0.0786. The number of anilines is 1. The Morgan fingerprint density at radius 3 is 2.46 bits per heavy atom. The monoisotopic (exact) mass is 358 g/mol. The van der Waals surface area contributed by atoms with Crippen LogP contribution in [0, 0.1) is 0 Å². The fourth-order valence-corrected chi connectivity index (χ4v) is 2.25. The lowest BCUT2D eigenvalue weighted by Crippen LogP contribution is -2.28. The number of hydrogen-bond acceptors (Lipinski definition) is 6. The van der Waals surface area contributed by atoms with Crippen LogP contribution < -0.4 is 14.8 Å². The first-order chi connectivity index (χ1) is 12.6. The largest absolute Gasteiger partial charge is 0.497 e. The number of carbonyl (C=O) groups is 1. The van der Waals surface area contributed by atoms with Gasteiger partial charge in [-0.1, -0.05) is 13.3 Å². The molecule has 7 heteroatoms. The Kier molecular flexibility index (Phi) is 7.67. The van der Waals surface area contributed by atoms with Crippen LogP contribution in [-0.2, 0) is 0 Å². The maximum absolute atomic E-state index is 12.2. The highest BCUT2D eigenvalue weighted by molar-refractivity contribution is 5.92. The molecule has 26 heavy (non-hydrogen) atoms. The summed E-state index contributed by atoms with van der Waals surface area (Å²) in [5, 5.41) is 11.2. The molecule has 1 aromatic carbocycles. The first-order valence-corrected chi connectivity index (χ1v) is 8.74. The van der Waals surface area contributed by atoms with Gasteiger partial charge in [0, 0.05) is 13.6 Å². The number of aromatic nitrogens is 2. The van der Waals surface area contributed by atoms with E-state index in [4.69, 9.17) is 9.47 Å². The Balaban J connectivity index is 1.75. The molecule has 140 valence electrons. The molecular weight excluding hydrogens is 332 g/mol. The van der Waals surface area contributed by atoms with Gasteiger partial charge in [0.15, 0.2) is 5.69 Å². The van der Waals surface area contributed by atoms with Crippen LogP contribution in [0.4, 0.5) is 5.82 Å². The van der Waals surface area contributed by atoms with E-state index in [9.17, 15) is 4.79 Å². The molecule has 1 N–H and O–H groups in total. The van der Waals surface area contributed by atoms with E-state index >= 15 is 0 Å². The van der Waals surface area contributed by atoms with Gasteiger partial charge in [0.2, 0.25) is 0 Å². The molecule has 0 unspecified atom stereocenters. The van der Waals surface area contributed by atoms with Crippen LogP contribution in [0.25, 0.3) is 0 Å². The molecule has 1 heterocycles. The smallest absolute Gasteiger partial charge is 0.274 e. The van der Waals surface area contributed by atoms with Gasteiger partial charge < -0.3 is 19.7 Å². The number of ether oxygens (including phenoxy) is 2. The number of nitrogens with one attached hydrogen (secondary N) is 1. The summed E-state index contributed by atoms with van der Waals surface area (Å²) in [7, 11) is 3.41. The summed E-state index contributed by atoms with van der Waals surface area (Å²) in [5.74, 6) is 2.06. The molecule has 7 nitrogen and oxygen atoms in total. The molecule has 0 aliphatic carbocycles.